The Bertz CT molecular complexity index is 728. The Kier molecular flexibility index (Phi) is 3.56. The first-order valence-electron chi connectivity index (χ1n) is 8.51. The maximum Gasteiger partial charge on any atom is 0.322 e. The fourth-order valence-corrected chi connectivity index (χ4v) is 3.82. The zero-order valence-electron chi connectivity index (χ0n) is 13.5. The number of rotatable bonds is 3. The smallest absolute Gasteiger partial charge is 0.316 e. The van der Waals surface area contributed by atoms with Crippen molar-refractivity contribution in [3.05, 3.63) is 64.7 Å². The van der Waals surface area contributed by atoms with Gasteiger partial charge in [0, 0.05) is 18.3 Å². The van der Waals surface area contributed by atoms with E-state index in [1.807, 2.05) is 4.90 Å². The number of carbonyl (C=O) groups is 1. The Morgan fingerprint density at radius 3 is 2.52 bits per heavy atom. The van der Waals surface area contributed by atoms with Crippen LogP contribution >= 0.6 is 0 Å². The molecule has 0 saturated heterocycles. The van der Waals surface area contributed by atoms with Gasteiger partial charge in [-0.1, -0.05) is 49.7 Å². The van der Waals surface area contributed by atoms with E-state index in [2.05, 4.69) is 54.7 Å². The molecule has 0 saturated carbocycles. The summed E-state index contributed by atoms with van der Waals surface area (Å²) in [5.74, 6) is 0. The van der Waals surface area contributed by atoms with E-state index in [1.54, 1.807) is 0 Å². The van der Waals surface area contributed by atoms with Gasteiger partial charge in [0.2, 0.25) is 0 Å². The van der Waals surface area contributed by atoms with Crippen LogP contribution in [-0.2, 0) is 25.8 Å². The molecule has 0 bridgehead atoms. The second-order valence-electron chi connectivity index (χ2n) is 6.63. The van der Waals surface area contributed by atoms with Gasteiger partial charge in [0.1, 0.15) is 0 Å². The quantitative estimate of drug-likeness (QED) is 0.907. The minimum Gasteiger partial charge on any atom is -0.316 e. The third-order valence-corrected chi connectivity index (χ3v) is 5.03. The van der Waals surface area contributed by atoms with Crippen molar-refractivity contribution in [1.29, 1.82) is 0 Å². The summed E-state index contributed by atoms with van der Waals surface area (Å²) in [5.41, 5.74) is 6.28. The van der Waals surface area contributed by atoms with Gasteiger partial charge in [0.15, 0.2) is 0 Å². The molecule has 0 spiro atoms. The number of hydrogen-bond acceptors (Lipinski definition) is 1. The minimum absolute atomic E-state index is 0.0453. The van der Waals surface area contributed by atoms with Crippen molar-refractivity contribution in [3.8, 4) is 0 Å². The first kappa shape index (κ1) is 14.3. The van der Waals surface area contributed by atoms with Gasteiger partial charge >= 0.3 is 6.03 Å². The summed E-state index contributed by atoms with van der Waals surface area (Å²) in [7, 11) is 0. The van der Waals surface area contributed by atoms with Crippen molar-refractivity contribution in [1.82, 2.24) is 4.90 Å². The van der Waals surface area contributed by atoms with Gasteiger partial charge in [0.05, 0.1) is 0 Å². The van der Waals surface area contributed by atoms with Crippen LogP contribution in [0.25, 0.3) is 0 Å². The lowest BCUT2D eigenvalue weighted by molar-refractivity contribution is 0.183. The van der Waals surface area contributed by atoms with Crippen LogP contribution in [0, 0.1) is 0 Å². The van der Waals surface area contributed by atoms with Crippen molar-refractivity contribution in [2.75, 3.05) is 5.32 Å². The number of aryl methyl sites for hydroxylation is 1. The lowest BCUT2D eigenvalue weighted by atomic mass is 10.0. The molecule has 2 aliphatic rings. The second-order valence-corrected chi connectivity index (χ2v) is 6.63. The molecule has 0 aromatic heterocycles. The Hall–Kier alpha value is -2.29. The molecule has 0 fully saturated rings. The summed E-state index contributed by atoms with van der Waals surface area (Å²) in [6, 6.07) is 15.4. The van der Waals surface area contributed by atoms with Crippen LogP contribution in [-0.4, -0.2) is 17.0 Å². The largest absolute Gasteiger partial charge is 0.322 e. The molecule has 1 heterocycles. The molecule has 4 rings (SSSR count). The number of fused-ring (bicyclic) bond motifs is 2. The van der Waals surface area contributed by atoms with Gasteiger partial charge in [-0.05, 0) is 47.6 Å². The van der Waals surface area contributed by atoms with Crippen LogP contribution in [0.4, 0.5) is 10.5 Å². The highest BCUT2D eigenvalue weighted by Crippen LogP contribution is 2.31. The summed E-state index contributed by atoms with van der Waals surface area (Å²) in [6.45, 7) is 2.89. The molecule has 1 aliphatic heterocycles. The maximum atomic E-state index is 12.6. The SMILES string of the molecule is CCCc1ccc2c(c1)NC(=O)N(C1Cc3ccccc3C1)C2. The first-order chi connectivity index (χ1) is 11.2. The predicted octanol–water partition coefficient (Wildman–Crippen LogP) is 4.15. The van der Waals surface area contributed by atoms with Gasteiger partial charge in [-0.15, -0.1) is 0 Å². The Morgan fingerprint density at radius 1 is 1.09 bits per heavy atom. The highest BCUT2D eigenvalue weighted by atomic mass is 16.2. The Labute approximate surface area is 137 Å². The lowest BCUT2D eigenvalue weighted by Gasteiger charge is -2.34. The molecule has 0 atom stereocenters. The zero-order valence-corrected chi connectivity index (χ0v) is 13.5. The van der Waals surface area contributed by atoms with E-state index < -0.39 is 0 Å². The minimum atomic E-state index is 0.0453. The Morgan fingerprint density at radius 2 is 1.83 bits per heavy atom. The van der Waals surface area contributed by atoms with E-state index in [-0.39, 0.29) is 12.1 Å². The number of nitrogens with zero attached hydrogens (tertiary/aromatic N) is 1. The van der Waals surface area contributed by atoms with Crippen molar-refractivity contribution in [2.45, 2.75) is 45.2 Å². The number of nitrogens with one attached hydrogen (secondary N) is 1. The van der Waals surface area contributed by atoms with Crippen LogP contribution < -0.4 is 5.32 Å². The fourth-order valence-electron chi connectivity index (χ4n) is 3.82. The highest BCUT2D eigenvalue weighted by Gasteiger charge is 2.32. The topological polar surface area (TPSA) is 32.3 Å². The van der Waals surface area contributed by atoms with Crippen LogP contribution in [0.5, 0.6) is 0 Å². The average Bonchev–Trinajstić information content (AvgIpc) is 2.98. The van der Waals surface area contributed by atoms with E-state index in [0.717, 1.165) is 31.4 Å². The first-order valence-corrected chi connectivity index (χ1v) is 8.51. The molecule has 3 nitrogen and oxygen atoms in total. The molecule has 0 radical (unpaired) electrons. The molecule has 3 heteroatoms. The molecule has 2 amide bonds. The third-order valence-electron chi connectivity index (χ3n) is 5.03. The number of urea groups is 1. The highest BCUT2D eigenvalue weighted by molar-refractivity contribution is 5.92. The van der Waals surface area contributed by atoms with Crippen LogP contribution in [0.1, 0.15) is 35.6 Å². The normalized spacial score (nSPS) is 16.9. The lowest BCUT2D eigenvalue weighted by Crippen LogP contribution is -2.45. The van der Waals surface area contributed by atoms with Crippen LogP contribution in [0.3, 0.4) is 0 Å². The summed E-state index contributed by atoms with van der Waals surface area (Å²) >= 11 is 0. The zero-order chi connectivity index (χ0) is 15.8. The monoisotopic (exact) mass is 306 g/mol. The summed E-state index contributed by atoms with van der Waals surface area (Å²) in [4.78, 5) is 14.6. The van der Waals surface area contributed by atoms with Crippen LogP contribution in [0.15, 0.2) is 42.5 Å². The van der Waals surface area contributed by atoms with E-state index in [1.165, 1.54) is 22.3 Å². The van der Waals surface area contributed by atoms with Crippen molar-refractivity contribution >= 4 is 11.7 Å². The van der Waals surface area contributed by atoms with Crippen molar-refractivity contribution in [3.63, 3.8) is 0 Å². The van der Waals surface area contributed by atoms with Crippen molar-refractivity contribution in [2.24, 2.45) is 0 Å². The van der Waals surface area contributed by atoms with Gasteiger partial charge in [-0.3, -0.25) is 0 Å². The summed E-state index contributed by atoms with van der Waals surface area (Å²) < 4.78 is 0. The number of benzene rings is 2. The standard InChI is InChI=1S/C20H22N2O/c1-2-5-14-8-9-17-13-22(20(23)21-19(17)10-14)18-11-15-6-3-4-7-16(15)12-18/h3-4,6-10,18H,2,5,11-13H2,1H3,(H,21,23). The molecule has 1 aliphatic carbocycles. The second kappa shape index (κ2) is 5.73. The van der Waals surface area contributed by atoms with E-state index in [4.69, 9.17) is 0 Å². The number of hydrogen-bond donors (Lipinski definition) is 1. The molecule has 0 unspecified atom stereocenters. The van der Waals surface area contributed by atoms with E-state index >= 15 is 0 Å². The molecule has 2 aromatic carbocycles. The van der Waals surface area contributed by atoms with Gasteiger partial charge < -0.3 is 10.2 Å². The molecule has 118 valence electrons. The van der Waals surface area contributed by atoms with Gasteiger partial charge in [-0.25, -0.2) is 4.79 Å². The molecular formula is C20H22N2O. The summed E-state index contributed by atoms with van der Waals surface area (Å²) in [6.07, 6.45) is 4.11. The fraction of sp³-hybridized carbons (Fsp3) is 0.350. The molecular weight excluding hydrogens is 284 g/mol. The van der Waals surface area contributed by atoms with Crippen LogP contribution in [0.2, 0.25) is 0 Å². The summed E-state index contributed by atoms with van der Waals surface area (Å²) in [5, 5.41) is 3.10. The maximum absolute atomic E-state index is 12.6. The van der Waals surface area contributed by atoms with Gasteiger partial charge in [-0.2, -0.15) is 0 Å². The van der Waals surface area contributed by atoms with E-state index in [9.17, 15) is 4.79 Å². The molecule has 1 N–H and O–H groups in total. The predicted molar refractivity (Wildman–Crippen MR) is 92.6 cm³/mol. The number of amides is 2. The van der Waals surface area contributed by atoms with Gasteiger partial charge in [0.25, 0.3) is 0 Å². The third kappa shape index (κ3) is 2.61. The number of anilines is 1. The molecule has 2 aromatic rings. The number of carbonyl (C=O) groups excluding carboxylic acids is 1. The Balaban J connectivity index is 1.55. The van der Waals surface area contributed by atoms with Crippen molar-refractivity contribution < 1.29 is 4.79 Å². The molecule has 23 heavy (non-hydrogen) atoms. The van der Waals surface area contributed by atoms with E-state index in [0.29, 0.717) is 6.54 Å². The average molecular weight is 306 g/mol.